The summed E-state index contributed by atoms with van der Waals surface area (Å²) in [6.07, 6.45) is -1.20. The molecule has 0 aliphatic heterocycles. The molecule has 0 saturated carbocycles. The monoisotopic (exact) mass is 483 g/mol. The van der Waals surface area contributed by atoms with Crippen molar-refractivity contribution in [3.63, 3.8) is 0 Å². The molecule has 9 nitrogen and oxygen atoms in total. The van der Waals surface area contributed by atoms with E-state index in [4.69, 9.17) is 0 Å². The fourth-order valence-corrected chi connectivity index (χ4v) is 5.16. The number of halogens is 3. The van der Waals surface area contributed by atoms with E-state index in [-0.39, 0.29) is 4.83 Å². The molecule has 0 aliphatic rings. The first-order chi connectivity index (χ1) is 16.2. The quantitative estimate of drug-likeness (QED) is 0.371. The van der Waals surface area contributed by atoms with Crippen LogP contribution >= 0.6 is 11.3 Å². The van der Waals surface area contributed by atoms with E-state index in [1.54, 1.807) is 17.7 Å². The molecule has 0 saturated heterocycles. The highest BCUT2D eigenvalue weighted by Gasteiger charge is 2.33. The van der Waals surface area contributed by atoms with Crippen LogP contribution in [0.2, 0.25) is 0 Å². The van der Waals surface area contributed by atoms with Crippen molar-refractivity contribution < 1.29 is 13.2 Å². The van der Waals surface area contributed by atoms with Gasteiger partial charge in [-0.1, -0.05) is 0 Å². The van der Waals surface area contributed by atoms with Crippen molar-refractivity contribution in [1.82, 2.24) is 44.1 Å². The average molecular weight is 483 g/mol. The molecule has 0 spiro atoms. The molecule has 0 radical (unpaired) electrons. The van der Waals surface area contributed by atoms with E-state index in [9.17, 15) is 13.2 Å². The van der Waals surface area contributed by atoms with Crippen LogP contribution in [0.5, 0.6) is 0 Å². The normalized spacial score (nSPS) is 12.5. The van der Waals surface area contributed by atoms with Crippen LogP contribution in [0.15, 0.2) is 30.7 Å². The maximum Gasteiger partial charge on any atom is 0.433 e. The summed E-state index contributed by atoms with van der Waals surface area (Å²) in [7, 11) is 0. The van der Waals surface area contributed by atoms with Crippen molar-refractivity contribution in [3.8, 4) is 11.5 Å². The standard InChI is InChI=1S/C21H16F3N9S/c1-10-6-14(21(22,23)24)26-20-15(10)16-17(34-20)19-27-18(30-32(19)8-25-16)13-4-5-31(29-13)9-33-12(3)7-11(2)28-33/h4-8H,9H2,1-3H3. The topological polar surface area (TPSA) is 91.6 Å². The smallest absolute Gasteiger partial charge is 0.250 e. The van der Waals surface area contributed by atoms with Gasteiger partial charge >= 0.3 is 6.18 Å². The van der Waals surface area contributed by atoms with Gasteiger partial charge < -0.3 is 0 Å². The first-order valence-corrected chi connectivity index (χ1v) is 11.1. The lowest BCUT2D eigenvalue weighted by Crippen LogP contribution is -2.11. The zero-order valence-corrected chi connectivity index (χ0v) is 19.0. The van der Waals surface area contributed by atoms with Crippen LogP contribution in [0.25, 0.3) is 37.6 Å². The molecule has 0 aliphatic carbocycles. The molecule has 0 aromatic carbocycles. The number of aryl methyl sites for hydroxylation is 3. The fourth-order valence-electron chi connectivity index (χ4n) is 3.98. The maximum atomic E-state index is 13.2. The summed E-state index contributed by atoms with van der Waals surface area (Å²) in [6, 6.07) is 4.84. The van der Waals surface area contributed by atoms with E-state index < -0.39 is 11.9 Å². The number of fused-ring (bicyclic) bond motifs is 5. The van der Waals surface area contributed by atoms with Crippen LogP contribution in [-0.2, 0) is 12.8 Å². The van der Waals surface area contributed by atoms with Gasteiger partial charge in [-0.25, -0.2) is 24.1 Å². The number of alkyl halides is 3. The number of nitrogens with zero attached hydrogens (tertiary/aromatic N) is 9. The van der Waals surface area contributed by atoms with Crippen molar-refractivity contribution in [2.24, 2.45) is 0 Å². The number of rotatable bonds is 3. The maximum absolute atomic E-state index is 13.2. The SMILES string of the molecule is Cc1cc(C)n(Cn2ccc(-c3nc4c5sc6nc(C(F)(F)F)cc(C)c6c5ncn4n3)n2)n1. The van der Waals surface area contributed by atoms with Crippen molar-refractivity contribution >= 4 is 37.4 Å². The molecule has 0 atom stereocenters. The van der Waals surface area contributed by atoms with Crippen LogP contribution in [0.3, 0.4) is 0 Å². The summed E-state index contributed by atoms with van der Waals surface area (Å²) in [5.41, 5.74) is 3.10. The molecule has 0 amide bonds. The molecule has 6 heterocycles. The third-order valence-corrected chi connectivity index (χ3v) is 6.58. The summed E-state index contributed by atoms with van der Waals surface area (Å²) >= 11 is 1.12. The highest BCUT2D eigenvalue weighted by molar-refractivity contribution is 7.26. The Bertz CT molecular complexity index is 1720. The zero-order chi connectivity index (χ0) is 23.8. The van der Waals surface area contributed by atoms with E-state index in [2.05, 4.69) is 30.2 Å². The molecule has 0 N–H and O–H groups in total. The Hall–Kier alpha value is -3.87. The molecule has 6 rings (SSSR count). The van der Waals surface area contributed by atoms with Crippen molar-refractivity contribution in [2.45, 2.75) is 33.6 Å². The van der Waals surface area contributed by atoms with Gasteiger partial charge in [0.2, 0.25) is 5.82 Å². The van der Waals surface area contributed by atoms with E-state index in [1.165, 1.54) is 10.8 Å². The fraction of sp³-hybridized carbons (Fsp3) is 0.238. The summed E-state index contributed by atoms with van der Waals surface area (Å²) in [5.74, 6) is 0.388. The van der Waals surface area contributed by atoms with E-state index in [0.717, 1.165) is 28.8 Å². The van der Waals surface area contributed by atoms with Crippen LogP contribution in [0.1, 0.15) is 22.6 Å². The highest BCUT2D eigenvalue weighted by atomic mass is 32.1. The van der Waals surface area contributed by atoms with Crippen LogP contribution in [0, 0.1) is 20.8 Å². The summed E-state index contributed by atoms with van der Waals surface area (Å²) in [6.45, 7) is 5.98. The van der Waals surface area contributed by atoms with Gasteiger partial charge in [0, 0.05) is 17.3 Å². The molecule has 172 valence electrons. The van der Waals surface area contributed by atoms with Crippen LogP contribution in [0.4, 0.5) is 13.2 Å². The third kappa shape index (κ3) is 3.22. The molecule has 0 bridgehead atoms. The Morgan fingerprint density at radius 2 is 1.85 bits per heavy atom. The summed E-state index contributed by atoms with van der Waals surface area (Å²) in [4.78, 5) is 13.2. The lowest BCUT2D eigenvalue weighted by atomic mass is 10.1. The number of pyridine rings is 1. The molecule has 6 aromatic rings. The molecule has 0 fully saturated rings. The molecular formula is C21H16F3N9S. The van der Waals surface area contributed by atoms with E-state index in [0.29, 0.717) is 45.0 Å². The molecule has 6 aromatic heterocycles. The van der Waals surface area contributed by atoms with Crippen molar-refractivity contribution in [1.29, 1.82) is 0 Å². The first-order valence-electron chi connectivity index (χ1n) is 10.2. The summed E-state index contributed by atoms with van der Waals surface area (Å²) in [5, 5.41) is 14.1. The highest BCUT2D eigenvalue weighted by Crippen LogP contribution is 2.38. The second-order valence-electron chi connectivity index (χ2n) is 8.04. The second-order valence-corrected chi connectivity index (χ2v) is 9.04. The minimum absolute atomic E-state index is 0.265. The Morgan fingerprint density at radius 3 is 2.59 bits per heavy atom. The van der Waals surface area contributed by atoms with Gasteiger partial charge in [-0.05, 0) is 44.5 Å². The van der Waals surface area contributed by atoms with Crippen molar-refractivity contribution in [2.75, 3.05) is 0 Å². The minimum atomic E-state index is -4.52. The Balaban J connectivity index is 1.44. The minimum Gasteiger partial charge on any atom is -0.250 e. The van der Waals surface area contributed by atoms with Gasteiger partial charge in [-0.3, -0.25) is 4.68 Å². The van der Waals surface area contributed by atoms with Gasteiger partial charge in [0.15, 0.2) is 5.65 Å². The largest absolute Gasteiger partial charge is 0.433 e. The lowest BCUT2D eigenvalue weighted by molar-refractivity contribution is -0.141. The summed E-state index contributed by atoms with van der Waals surface area (Å²) < 4.78 is 45.4. The van der Waals surface area contributed by atoms with Gasteiger partial charge in [0.05, 0.1) is 11.2 Å². The number of hydrogen-bond acceptors (Lipinski definition) is 7. The van der Waals surface area contributed by atoms with Gasteiger partial charge in [-0.2, -0.15) is 23.4 Å². The lowest BCUT2D eigenvalue weighted by Gasteiger charge is -2.06. The second kappa shape index (κ2) is 7.06. The zero-order valence-electron chi connectivity index (χ0n) is 18.2. The van der Waals surface area contributed by atoms with Crippen LogP contribution in [-0.4, -0.2) is 44.1 Å². The number of thiophene rings is 1. The van der Waals surface area contributed by atoms with Crippen LogP contribution < -0.4 is 0 Å². The van der Waals surface area contributed by atoms with E-state index >= 15 is 0 Å². The van der Waals surface area contributed by atoms with Gasteiger partial charge in [-0.15, -0.1) is 16.4 Å². The Labute approximate surface area is 193 Å². The van der Waals surface area contributed by atoms with Gasteiger partial charge in [0.25, 0.3) is 0 Å². The predicted molar refractivity (Wildman–Crippen MR) is 120 cm³/mol. The Kier molecular flexibility index (Phi) is 4.30. The first kappa shape index (κ1) is 20.7. The number of aromatic nitrogens is 9. The molecule has 34 heavy (non-hydrogen) atoms. The Morgan fingerprint density at radius 1 is 1.03 bits per heavy atom. The van der Waals surface area contributed by atoms with Gasteiger partial charge in [0.1, 0.15) is 33.9 Å². The van der Waals surface area contributed by atoms with Crippen molar-refractivity contribution in [3.05, 3.63) is 53.4 Å². The molecule has 13 heteroatoms. The predicted octanol–water partition coefficient (Wildman–Crippen LogP) is 4.40. The molecular weight excluding hydrogens is 467 g/mol. The number of hydrogen-bond donors (Lipinski definition) is 0. The average Bonchev–Trinajstić information content (AvgIpc) is 3.52. The molecule has 0 unspecified atom stereocenters. The third-order valence-electron chi connectivity index (χ3n) is 5.51. The van der Waals surface area contributed by atoms with E-state index in [1.807, 2.05) is 30.8 Å².